The van der Waals surface area contributed by atoms with E-state index in [-0.39, 0.29) is 53.6 Å². The summed E-state index contributed by atoms with van der Waals surface area (Å²) in [6.45, 7) is 4.64. The molecule has 1 heterocycles. The molecular formula is C15H27IN4O3. The first kappa shape index (κ1) is 20.0. The molecule has 2 N–H and O–H groups in total. The Hall–Kier alpha value is -1.06. The fourth-order valence-corrected chi connectivity index (χ4v) is 2.78. The third-order valence-corrected chi connectivity index (χ3v) is 4.28. The second-order valence-electron chi connectivity index (χ2n) is 6.05. The van der Waals surface area contributed by atoms with Crippen LogP contribution in [0.5, 0.6) is 0 Å². The third-order valence-electron chi connectivity index (χ3n) is 4.28. The van der Waals surface area contributed by atoms with Gasteiger partial charge < -0.3 is 20.3 Å². The molecule has 2 rings (SSSR count). The highest BCUT2D eigenvalue weighted by molar-refractivity contribution is 14.0. The summed E-state index contributed by atoms with van der Waals surface area (Å²) in [4.78, 5) is 29.6. The lowest BCUT2D eigenvalue weighted by Crippen LogP contribution is -2.43. The van der Waals surface area contributed by atoms with E-state index >= 15 is 0 Å². The van der Waals surface area contributed by atoms with Crippen LogP contribution in [0.3, 0.4) is 0 Å². The predicted octanol–water partition coefficient (Wildman–Crippen LogP) is 0.447. The second kappa shape index (κ2) is 9.29. The first-order valence-corrected chi connectivity index (χ1v) is 7.88. The minimum Gasteiger partial charge on any atom is -0.469 e. The zero-order valence-electron chi connectivity index (χ0n) is 14.0. The van der Waals surface area contributed by atoms with Crippen LogP contribution in [0.15, 0.2) is 4.99 Å². The van der Waals surface area contributed by atoms with Gasteiger partial charge in [-0.2, -0.15) is 0 Å². The fraction of sp³-hybridized carbons (Fsp3) is 0.800. The van der Waals surface area contributed by atoms with Gasteiger partial charge in [-0.1, -0.05) is 6.92 Å². The monoisotopic (exact) mass is 438 g/mol. The van der Waals surface area contributed by atoms with Crippen LogP contribution < -0.4 is 10.6 Å². The molecule has 2 atom stereocenters. The summed E-state index contributed by atoms with van der Waals surface area (Å²) in [5.41, 5.74) is 0. The largest absolute Gasteiger partial charge is 0.469 e. The van der Waals surface area contributed by atoms with Gasteiger partial charge in [0.2, 0.25) is 5.91 Å². The van der Waals surface area contributed by atoms with E-state index in [4.69, 9.17) is 4.74 Å². The van der Waals surface area contributed by atoms with Crippen molar-refractivity contribution in [3.63, 3.8) is 0 Å². The lowest BCUT2D eigenvalue weighted by molar-refractivity contribution is -0.146. The SMILES string of the molecule is CN=C(NCCNC(=O)C1CC1)N1CC(C)C(C(=O)OC)C1.I. The number of likely N-dealkylation sites (tertiary alicyclic amines) is 1. The molecule has 1 saturated heterocycles. The van der Waals surface area contributed by atoms with Crippen molar-refractivity contribution in [1.82, 2.24) is 15.5 Å². The van der Waals surface area contributed by atoms with Gasteiger partial charge in [0.15, 0.2) is 5.96 Å². The molecule has 2 unspecified atom stereocenters. The molecule has 0 bridgehead atoms. The minimum absolute atomic E-state index is 0. The van der Waals surface area contributed by atoms with Gasteiger partial charge in [0.05, 0.1) is 13.0 Å². The number of ether oxygens (including phenoxy) is 1. The van der Waals surface area contributed by atoms with Gasteiger partial charge in [-0.15, -0.1) is 24.0 Å². The van der Waals surface area contributed by atoms with Crippen molar-refractivity contribution in [1.29, 1.82) is 0 Å². The van der Waals surface area contributed by atoms with E-state index in [0.717, 1.165) is 25.3 Å². The van der Waals surface area contributed by atoms with Crippen LogP contribution in [0.4, 0.5) is 0 Å². The number of nitrogens with zero attached hydrogens (tertiary/aromatic N) is 2. The summed E-state index contributed by atoms with van der Waals surface area (Å²) >= 11 is 0. The maximum atomic E-state index is 11.7. The summed E-state index contributed by atoms with van der Waals surface area (Å²) < 4.78 is 4.85. The van der Waals surface area contributed by atoms with Crippen LogP contribution in [0.25, 0.3) is 0 Å². The van der Waals surface area contributed by atoms with Gasteiger partial charge in [-0.3, -0.25) is 14.6 Å². The highest BCUT2D eigenvalue weighted by atomic mass is 127. The topological polar surface area (TPSA) is 83.0 Å². The molecule has 0 aromatic carbocycles. The van der Waals surface area contributed by atoms with Gasteiger partial charge in [-0.25, -0.2) is 0 Å². The summed E-state index contributed by atoms with van der Waals surface area (Å²) in [7, 11) is 3.15. The lowest BCUT2D eigenvalue weighted by atomic mass is 9.99. The first-order valence-electron chi connectivity index (χ1n) is 7.88. The first-order chi connectivity index (χ1) is 10.6. The summed E-state index contributed by atoms with van der Waals surface area (Å²) in [5, 5.41) is 6.14. The van der Waals surface area contributed by atoms with Gasteiger partial charge in [-0.05, 0) is 18.8 Å². The van der Waals surface area contributed by atoms with E-state index in [1.807, 2.05) is 6.92 Å². The zero-order chi connectivity index (χ0) is 16.1. The quantitative estimate of drug-likeness (QED) is 0.214. The molecule has 2 aliphatic rings. The van der Waals surface area contributed by atoms with Gasteiger partial charge in [0.1, 0.15) is 0 Å². The van der Waals surface area contributed by atoms with E-state index in [1.165, 1.54) is 7.11 Å². The molecule has 1 amide bonds. The normalized spacial score (nSPS) is 24.0. The number of carbonyl (C=O) groups excluding carboxylic acids is 2. The highest BCUT2D eigenvalue weighted by Crippen LogP contribution is 2.28. The highest BCUT2D eigenvalue weighted by Gasteiger charge is 2.36. The molecule has 0 radical (unpaired) electrons. The molecule has 0 spiro atoms. The van der Waals surface area contributed by atoms with Crippen molar-refractivity contribution in [3.05, 3.63) is 0 Å². The average Bonchev–Trinajstić information content (AvgIpc) is 3.29. The average molecular weight is 438 g/mol. The molecule has 8 heteroatoms. The molecule has 2 fully saturated rings. The molecule has 7 nitrogen and oxygen atoms in total. The van der Waals surface area contributed by atoms with Crippen LogP contribution in [-0.2, 0) is 14.3 Å². The van der Waals surface area contributed by atoms with Crippen molar-refractivity contribution in [2.24, 2.45) is 22.7 Å². The smallest absolute Gasteiger partial charge is 0.310 e. The summed E-state index contributed by atoms with van der Waals surface area (Å²) in [6.07, 6.45) is 2.03. The second-order valence-corrected chi connectivity index (χ2v) is 6.05. The van der Waals surface area contributed by atoms with Gasteiger partial charge >= 0.3 is 5.97 Å². The number of guanidine groups is 1. The fourth-order valence-electron chi connectivity index (χ4n) is 2.78. The Bertz CT molecular complexity index is 454. The van der Waals surface area contributed by atoms with Crippen molar-refractivity contribution >= 4 is 41.8 Å². The molecule has 23 heavy (non-hydrogen) atoms. The molecule has 1 aliphatic carbocycles. The van der Waals surface area contributed by atoms with Crippen molar-refractivity contribution in [3.8, 4) is 0 Å². The van der Waals surface area contributed by atoms with Crippen molar-refractivity contribution in [2.45, 2.75) is 19.8 Å². The maximum Gasteiger partial charge on any atom is 0.310 e. The Morgan fingerprint density at radius 3 is 2.43 bits per heavy atom. The standard InChI is InChI=1S/C15H26N4O3.HI/c1-10-8-19(9-12(10)14(21)22-3)15(16-2)18-7-6-17-13(20)11-4-5-11;/h10-12H,4-9H2,1-3H3,(H,16,18)(H,17,20);1H. The van der Waals surface area contributed by atoms with Crippen LogP contribution in [0.1, 0.15) is 19.8 Å². The lowest BCUT2D eigenvalue weighted by Gasteiger charge is -2.21. The van der Waals surface area contributed by atoms with E-state index < -0.39 is 0 Å². The van der Waals surface area contributed by atoms with Crippen molar-refractivity contribution in [2.75, 3.05) is 40.3 Å². The molecule has 132 valence electrons. The molecule has 0 aromatic heterocycles. The van der Waals surface area contributed by atoms with Gasteiger partial charge in [0, 0.05) is 39.1 Å². The number of hydrogen-bond donors (Lipinski definition) is 2. The Morgan fingerprint density at radius 2 is 1.87 bits per heavy atom. The number of aliphatic imine (C=N–C) groups is 1. The van der Waals surface area contributed by atoms with Crippen LogP contribution in [0, 0.1) is 17.8 Å². The van der Waals surface area contributed by atoms with E-state index in [9.17, 15) is 9.59 Å². The zero-order valence-corrected chi connectivity index (χ0v) is 16.3. The Labute approximate surface area is 154 Å². The number of esters is 1. The number of rotatable bonds is 5. The number of carbonyl (C=O) groups is 2. The summed E-state index contributed by atoms with van der Waals surface area (Å²) in [5.74, 6) is 1.11. The number of amides is 1. The van der Waals surface area contributed by atoms with Gasteiger partial charge in [0.25, 0.3) is 0 Å². The third kappa shape index (κ3) is 5.50. The molecule has 1 saturated carbocycles. The van der Waals surface area contributed by atoms with E-state index in [0.29, 0.717) is 19.6 Å². The number of methoxy groups -OCH3 is 1. The number of halogens is 1. The Balaban J connectivity index is 0.00000264. The van der Waals surface area contributed by atoms with Crippen LogP contribution in [-0.4, -0.2) is 63.1 Å². The number of hydrogen-bond acceptors (Lipinski definition) is 4. The van der Waals surface area contributed by atoms with Crippen LogP contribution >= 0.6 is 24.0 Å². The van der Waals surface area contributed by atoms with E-state index in [2.05, 4.69) is 20.5 Å². The molecular weight excluding hydrogens is 411 g/mol. The predicted molar refractivity (Wildman–Crippen MR) is 98.8 cm³/mol. The molecule has 0 aromatic rings. The molecule has 1 aliphatic heterocycles. The Morgan fingerprint density at radius 1 is 1.22 bits per heavy atom. The minimum atomic E-state index is -0.165. The Kier molecular flexibility index (Phi) is 8.07. The van der Waals surface area contributed by atoms with Crippen molar-refractivity contribution < 1.29 is 14.3 Å². The van der Waals surface area contributed by atoms with E-state index in [1.54, 1.807) is 7.05 Å². The summed E-state index contributed by atoms with van der Waals surface area (Å²) in [6, 6.07) is 0. The van der Waals surface area contributed by atoms with Crippen LogP contribution in [0.2, 0.25) is 0 Å². The maximum absolute atomic E-state index is 11.7. The number of nitrogens with one attached hydrogen (secondary N) is 2.